The summed E-state index contributed by atoms with van der Waals surface area (Å²) in [4.78, 5) is 26.8. The van der Waals surface area contributed by atoms with Crippen molar-refractivity contribution >= 4 is 44.0 Å². The van der Waals surface area contributed by atoms with Crippen molar-refractivity contribution < 1.29 is 22.4 Å². The standard InChI is InChI=1S/C21H20FN5O4S2/c22-16-3-7-18(8-4-16)33(30,31)26-17-5-1-15(2-6-17)20(29)27-11-9-14(10-12-27)19(28)24-21-25-23-13-32-21/h1-8,13-14,26H,9-12H2,(H,24,25,28). The zero-order chi connectivity index (χ0) is 23.4. The molecule has 0 spiro atoms. The molecule has 2 amide bonds. The molecule has 2 heterocycles. The lowest BCUT2D eigenvalue weighted by Gasteiger charge is -2.31. The maximum absolute atomic E-state index is 13.0. The Morgan fingerprint density at radius 3 is 2.30 bits per heavy atom. The minimum atomic E-state index is -3.87. The molecule has 4 rings (SSSR count). The topological polar surface area (TPSA) is 121 Å². The van der Waals surface area contributed by atoms with Gasteiger partial charge in [0.2, 0.25) is 11.0 Å². The number of halogens is 1. The number of hydrogen-bond acceptors (Lipinski definition) is 7. The Labute approximate surface area is 193 Å². The lowest BCUT2D eigenvalue weighted by Crippen LogP contribution is -2.41. The summed E-state index contributed by atoms with van der Waals surface area (Å²) >= 11 is 1.25. The third-order valence-corrected chi connectivity index (χ3v) is 7.25. The van der Waals surface area contributed by atoms with Gasteiger partial charge < -0.3 is 10.2 Å². The number of likely N-dealkylation sites (tertiary alicyclic amines) is 1. The molecule has 2 N–H and O–H groups in total. The Bertz CT molecular complexity index is 1220. The van der Waals surface area contributed by atoms with Crippen molar-refractivity contribution in [2.45, 2.75) is 17.7 Å². The number of carbonyl (C=O) groups is 2. The molecule has 3 aromatic rings. The predicted molar refractivity (Wildman–Crippen MR) is 121 cm³/mol. The number of piperidine rings is 1. The molecule has 0 aliphatic carbocycles. The van der Waals surface area contributed by atoms with Crippen LogP contribution in [-0.4, -0.2) is 48.4 Å². The van der Waals surface area contributed by atoms with E-state index >= 15 is 0 Å². The summed E-state index contributed by atoms with van der Waals surface area (Å²) in [5.74, 6) is -1.05. The summed E-state index contributed by atoms with van der Waals surface area (Å²) in [5, 5.41) is 10.7. The van der Waals surface area contributed by atoms with E-state index in [1.165, 1.54) is 41.1 Å². The second-order valence-corrected chi connectivity index (χ2v) is 9.95. The number of nitrogens with one attached hydrogen (secondary N) is 2. The van der Waals surface area contributed by atoms with Gasteiger partial charge in [-0.25, -0.2) is 12.8 Å². The summed E-state index contributed by atoms with van der Waals surface area (Å²) in [6.45, 7) is 0.873. The molecule has 0 saturated carbocycles. The highest BCUT2D eigenvalue weighted by molar-refractivity contribution is 7.92. The molecule has 1 aliphatic heterocycles. The highest BCUT2D eigenvalue weighted by Gasteiger charge is 2.28. The molecule has 1 aliphatic rings. The van der Waals surface area contributed by atoms with Crippen LogP contribution in [0.4, 0.5) is 15.2 Å². The molecule has 1 saturated heterocycles. The van der Waals surface area contributed by atoms with E-state index in [0.29, 0.717) is 36.6 Å². The van der Waals surface area contributed by atoms with Gasteiger partial charge in [0.15, 0.2) is 0 Å². The number of nitrogens with zero attached hydrogens (tertiary/aromatic N) is 3. The van der Waals surface area contributed by atoms with Gasteiger partial charge in [0, 0.05) is 30.3 Å². The van der Waals surface area contributed by atoms with E-state index in [2.05, 4.69) is 20.2 Å². The third-order valence-electron chi connectivity index (χ3n) is 5.25. The maximum atomic E-state index is 13.0. The van der Waals surface area contributed by atoms with Crippen LogP contribution >= 0.6 is 11.3 Å². The van der Waals surface area contributed by atoms with Crippen LogP contribution < -0.4 is 10.0 Å². The average molecular weight is 490 g/mol. The predicted octanol–water partition coefficient (Wildman–Crippen LogP) is 2.97. The Morgan fingerprint density at radius 1 is 1.03 bits per heavy atom. The molecule has 172 valence electrons. The molecule has 1 fully saturated rings. The monoisotopic (exact) mass is 489 g/mol. The zero-order valence-electron chi connectivity index (χ0n) is 17.3. The average Bonchev–Trinajstić information content (AvgIpc) is 3.32. The third kappa shape index (κ3) is 5.52. The van der Waals surface area contributed by atoms with Gasteiger partial charge >= 0.3 is 0 Å². The van der Waals surface area contributed by atoms with Gasteiger partial charge in [-0.05, 0) is 61.4 Å². The normalized spacial score (nSPS) is 14.6. The summed E-state index contributed by atoms with van der Waals surface area (Å²) in [7, 11) is -3.87. The molecule has 33 heavy (non-hydrogen) atoms. The van der Waals surface area contributed by atoms with E-state index in [4.69, 9.17) is 0 Å². The molecular weight excluding hydrogens is 469 g/mol. The Hall–Kier alpha value is -3.38. The molecule has 9 nitrogen and oxygen atoms in total. The van der Waals surface area contributed by atoms with Crippen LogP contribution in [-0.2, 0) is 14.8 Å². The number of anilines is 2. The van der Waals surface area contributed by atoms with E-state index in [9.17, 15) is 22.4 Å². The van der Waals surface area contributed by atoms with Crippen LogP contribution in [0.2, 0.25) is 0 Å². The van der Waals surface area contributed by atoms with Crippen molar-refractivity contribution in [3.05, 3.63) is 65.4 Å². The van der Waals surface area contributed by atoms with Crippen molar-refractivity contribution in [1.29, 1.82) is 0 Å². The Balaban J connectivity index is 1.33. The maximum Gasteiger partial charge on any atom is 0.261 e. The Kier molecular flexibility index (Phi) is 6.65. The van der Waals surface area contributed by atoms with Crippen molar-refractivity contribution in [3.8, 4) is 0 Å². The van der Waals surface area contributed by atoms with Crippen molar-refractivity contribution in [2.75, 3.05) is 23.1 Å². The lowest BCUT2D eigenvalue weighted by molar-refractivity contribution is -0.121. The van der Waals surface area contributed by atoms with Gasteiger partial charge in [-0.15, -0.1) is 10.2 Å². The number of amides is 2. The molecule has 0 unspecified atom stereocenters. The van der Waals surface area contributed by atoms with Gasteiger partial charge in [0.05, 0.1) is 4.90 Å². The van der Waals surface area contributed by atoms with E-state index in [1.54, 1.807) is 17.0 Å². The zero-order valence-corrected chi connectivity index (χ0v) is 18.9. The molecule has 12 heteroatoms. The smallest absolute Gasteiger partial charge is 0.261 e. The van der Waals surface area contributed by atoms with Crippen molar-refractivity contribution in [3.63, 3.8) is 0 Å². The minimum Gasteiger partial charge on any atom is -0.339 e. The summed E-state index contributed by atoms with van der Waals surface area (Å²) in [5.41, 5.74) is 2.23. The summed E-state index contributed by atoms with van der Waals surface area (Å²) in [6.07, 6.45) is 1.07. The first-order valence-electron chi connectivity index (χ1n) is 10.1. The van der Waals surface area contributed by atoms with E-state index in [0.717, 1.165) is 12.1 Å². The fraction of sp³-hybridized carbons (Fsp3) is 0.238. The number of benzene rings is 2. The van der Waals surface area contributed by atoms with E-state index < -0.39 is 15.8 Å². The quantitative estimate of drug-likeness (QED) is 0.549. The second kappa shape index (κ2) is 9.63. The van der Waals surface area contributed by atoms with E-state index in [1.807, 2.05) is 0 Å². The lowest BCUT2D eigenvalue weighted by atomic mass is 9.95. The van der Waals surface area contributed by atoms with Crippen molar-refractivity contribution in [2.24, 2.45) is 5.92 Å². The van der Waals surface area contributed by atoms with Crippen LogP contribution in [0, 0.1) is 11.7 Å². The van der Waals surface area contributed by atoms with Crippen LogP contribution in [0.3, 0.4) is 0 Å². The molecule has 0 bridgehead atoms. The van der Waals surface area contributed by atoms with Crippen molar-refractivity contribution in [1.82, 2.24) is 15.1 Å². The van der Waals surface area contributed by atoms with Gasteiger partial charge in [-0.2, -0.15) is 0 Å². The molecule has 1 aromatic heterocycles. The van der Waals surface area contributed by atoms with Crippen LogP contribution in [0.15, 0.2) is 58.9 Å². The molecule has 0 radical (unpaired) electrons. The first kappa shape index (κ1) is 22.8. The Morgan fingerprint density at radius 2 is 1.70 bits per heavy atom. The molecule has 2 aromatic carbocycles. The molecule has 0 atom stereocenters. The SMILES string of the molecule is O=C(Nc1nncs1)C1CCN(C(=O)c2ccc(NS(=O)(=O)c3ccc(F)cc3)cc2)CC1. The highest BCUT2D eigenvalue weighted by Crippen LogP contribution is 2.23. The van der Waals surface area contributed by atoms with Crippen LogP contribution in [0.5, 0.6) is 0 Å². The number of sulfonamides is 1. The van der Waals surface area contributed by atoms with Gasteiger partial charge in [-0.3, -0.25) is 14.3 Å². The fourth-order valence-electron chi connectivity index (χ4n) is 3.47. The number of carbonyl (C=O) groups excluding carboxylic acids is 2. The highest BCUT2D eigenvalue weighted by atomic mass is 32.2. The largest absolute Gasteiger partial charge is 0.339 e. The molecular formula is C21H20FN5O4S2. The van der Waals surface area contributed by atoms with Crippen LogP contribution in [0.25, 0.3) is 0 Å². The number of rotatable bonds is 6. The first-order valence-corrected chi connectivity index (χ1v) is 12.4. The number of hydrogen-bond donors (Lipinski definition) is 2. The minimum absolute atomic E-state index is 0.0675. The van der Waals surface area contributed by atoms with Gasteiger partial charge in [0.25, 0.3) is 15.9 Å². The second-order valence-electron chi connectivity index (χ2n) is 7.44. The van der Waals surface area contributed by atoms with Crippen LogP contribution in [0.1, 0.15) is 23.2 Å². The van der Waals surface area contributed by atoms with Gasteiger partial charge in [-0.1, -0.05) is 11.3 Å². The first-order chi connectivity index (χ1) is 15.8. The summed E-state index contributed by atoms with van der Waals surface area (Å²) in [6, 6.07) is 10.6. The number of aromatic nitrogens is 2. The van der Waals surface area contributed by atoms with Gasteiger partial charge in [0.1, 0.15) is 11.3 Å². The van der Waals surface area contributed by atoms with E-state index in [-0.39, 0.29) is 28.3 Å². The fourth-order valence-corrected chi connectivity index (χ4v) is 4.98. The summed E-state index contributed by atoms with van der Waals surface area (Å²) < 4.78 is 40.3.